The molecule has 0 unspecified atom stereocenters. The van der Waals surface area contributed by atoms with Gasteiger partial charge in [-0.2, -0.15) is 19.9 Å². The van der Waals surface area contributed by atoms with Gasteiger partial charge < -0.3 is 25.5 Å². The summed E-state index contributed by atoms with van der Waals surface area (Å²) in [5, 5.41) is 0. The zero-order valence-corrected chi connectivity index (χ0v) is 30.5. The molecule has 2 aromatic carbocycles. The van der Waals surface area contributed by atoms with E-state index in [9.17, 15) is 4.39 Å². The van der Waals surface area contributed by atoms with E-state index in [-0.39, 0.29) is 11.8 Å². The SMILES string of the molecule is CCCCOc1nc(N)c2nc(-c3cncc(F)c3)n(Cc3ccccc3)c2n1.CCCCOc1nc(N)c2nc(Br)n(Cc3ccccc3)c2n1. The Balaban J connectivity index is 0.000000183. The molecule has 0 bridgehead atoms. The molecular weight excluding hydrogens is 729 g/mol. The number of halogens is 2. The molecule has 0 saturated carbocycles. The number of hydrogen-bond donors (Lipinski definition) is 2. The number of benzene rings is 2. The topological polar surface area (TPSA) is 171 Å². The zero-order chi connectivity index (χ0) is 36.5. The lowest BCUT2D eigenvalue weighted by Gasteiger charge is -2.10. The fourth-order valence-corrected chi connectivity index (χ4v) is 5.77. The highest BCUT2D eigenvalue weighted by molar-refractivity contribution is 9.10. The molecule has 0 spiro atoms. The number of pyridine rings is 1. The summed E-state index contributed by atoms with van der Waals surface area (Å²) >= 11 is 3.48. The summed E-state index contributed by atoms with van der Waals surface area (Å²) in [6.07, 6.45) is 6.62. The second-order valence-corrected chi connectivity index (χ2v) is 12.6. The number of nitrogens with two attached hydrogens (primary N) is 2. The van der Waals surface area contributed by atoms with Crippen LogP contribution in [0.3, 0.4) is 0 Å². The number of fused-ring (bicyclic) bond motifs is 2. The van der Waals surface area contributed by atoms with Gasteiger partial charge in [0.1, 0.15) is 11.6 Å². The molecule has 0 aliphatic rings. The lowest BCUT2D eigenvalue weighted by atomic mass is 10.2. The van der Waals surface area contributed by atoms with Crippen LogP contribution in [-0.4, -0.2) is 57.2 Å². The van der Waals surface area contributed by atoms with Crippen molar-refractivity contribution in [3.8, 4) is 23.4 Å². The second-order valence-electron chi connectivity index (χ2n) is 11.9. The molecule has 13 nitrogen and oxygen atoms in total. The molecule has 52 heavy (non-hydrogen) atoms. The van der Waals surface area contributed by atoms with Crippen LogP contribution < -0.4 is 20.9 Å². The average Bonchev–Trinajstić information content (AvgIpc) is 3.67. The lowest BCUT2D eigenvalue weighted by Crippen LogP contribution is -2.07. The number of rotatable bonds is 13. The molecule has 5 heterocycles. The van der Waals surface area contributed by atoms with Gasteiger partial charge in [0, 0.05) is 11.8 Å². The number of nitrogens with zero attached hydrogens (tertiary/aromatic N) is 9. The Morgan fingerprint density at radius 3 is 1.73 bits per heavy atom. The number of anilines is 2. The van der Waals surface area contributed by atoms with Gasteiger partial charge >= 0.3 is 12.0 Å². The van der Waals surface area contributed by atoms with Gasteiger partial charge in [-0.3, -0.25) is 9.55 Å². The quantitative estimate of drug-likeness (QED) is 0.0896. The molecule has 4 N–H and O–H groups in total. The van der Waals surface area contributed by atoms with Crippen molar-refractivity contribution >= 4 is 49.9 Å². The van der Waals surface area contributed by atoms with Crippen molar-refractivity contribution in [2.75, 3.05) is 24.7 Å². The molecular formula is C37H39BrFN11O2. The van der Waals surface area contributed by atoms with Crippen molar-refractivity contribution in [1.29, 1.82) is 0 Å². The molecule has 0 saturated heterocycles. The second kappa shape index (κ2) is 17.0. The Morgan fingerprint density at radius 2 is 1.19 bits per heavy atom. The van der Waals surface area contributed by atoms with Crippen molar-refractivity contribution in [3.05, 3.63) is 101 Å². The largest absolute Gasteiger partial charge is 0.463 e. The minimum absolute atomic E-state index is 0.210. The predicted molar refractivity (Wildman–Crippen MR) is 202 cm³/mol. The van der Waals surface area contributed by atoms with Crippen LogP contribution in [0.2, 0.25) is 0 Å². The highest BCUT2D eigenvalue weighted by atomic mass is 79.9. The Labute approximate surface area is 308 Å². The van der Waals surface area contributed by atoms with E-state index in [1.807, 2.05) is 57.7 Å². The van der Waals surface area contributed by atoms with Gasteiger partial charge in [-0.1, -0.05) is 87.4 Å². The molecule has 0 aliphatic heterocycles. The highest BCUT2D eigenvalue weighted by Gasteiger charge is 2.20. The summed E-state index contributed by atoms with van der Waals surface area (Å²) in [5.74, 6) is 0.624. The minimum atomic E-state index is -0.441. The summed E-state index contributed by atoms with van der Waals surface area (Å²) < 4.78 is 29.6. The molecule has 0 aliphatic carbocycles. The summed E-state index contributed by atoms with van der Waals surface area (Å²) in [4.78, 5) is 30.4. The first-order chi connectivity index (χ1) is 25.3. The lowest BCUT2D eigenvalue weighted by molar-refractivity contribution is 0.286. The molecule has 7 rings (SSSR count). The van der Waals surface area contributed by atoms with E-state index < -0.39 is 5.82 Å². The third kappa shape index (κ3) is 8.60. The van der Waals surface area contributed by atoms with Crippen molar-refractivity contribution in [2.24, 2.45) is 0 Å². The van der Waals surface area contributed by atoms with Crippen LogP contribution in [0.1, 0.15) is 50.7 Å². The van der Waals surface area contributed by atoms with E-state index >= 15 is 0 Å². The fourth-order valence-electron chi connectivity index (χ4n) is 5.30. The summed E-state index contributed by atoms with van der Waals surface area (Å²) in [6, 6.07) is 21.9. The first-order valence-electron chi connectivity index (χ1n) is 17.0. The Hall–Kier alpha value is -5.70. The number of unbranched alkanes of at least 4 members (excludes halogenated alkanes) is 2. The van der Waals surface area contributed by atoms with Crippen molar-refractivity contribution in [2.45, 2.75) is 52.6 Å². The molecule has 0 fully saturated rings. The number of imidazole rings is 2. The first-order valence-corrected chi connectivity index (χ1v) is 17.8. The predicted octanol–water partition coefficient (Wildman–Crippen LogP) is 7.24. The van der Waals surface area contributed by atoms with E-state index in [1.165, 1.54) is 6.07 Å². The van der Waals surface area contributed by atoms with Crippen LogP contribution in [0.4, 0.5) is 16.0 Å². The van der Waals surface area contributed by atoms with Crippen LogP contribution in [0.5, 0.6) is 12.0 Å². The maximum Gasteiger partial charge on any atom is 0.320 e. The number of ether oxygens (including phenoxy) is 2. The monoisotopic (exact) mass is 767 g/mol. The Kier molecular flexibility index (Phi) is 11.8. The zero-order valence-electron chi connectivity index (χ0n) is 28.9. The fraction of sp³-hybridized carbons (Fsp3) is 0.270. The van der Waals surface area contributed by atoms with Crippen LogP contribution in [0.25, 0.3) is 33.7 Å². The van der Waals surface area contributed by atoms with E-state index in [2.05, 4.69) is 76.8 Å². The summed E-state index contributed by atoms with van der Waals surface area (Å²) in [6.45, 7) is 6.39. The van der Waals surface area contributed by atoms with Crippen molar-refractivity contribution < 1.29 is 13.9 Å². The van der Waals surface area contributed by atoms with Crippen LogP contribution in [0, 0.1) is 5.82 Å². The van der Waals surface area contributed by atoms with Crippen LogP contribution in [0.15, 0.2) is 83.9 Å². The number of aromatic nitrogens is 9. The van der Waals surface area contributed by atoms with E-state index in [0.717, 1.165) is 43.0 Å². The van der Waals surface area contributed by atoms with Gasteiger partial charge in [-0.25, -0.2) is 14.4 Å². The summed E-state index contributed by atoms with van der Waals surface area (Å²) in [7, 11) is 0. The molecule has 0 amide bonds. The van der Waals surface area contributed by atoms with Crippen LogP contribution in [-0.2, 0) is 13.1 Å². The summed E-state index contributed by atoms with van der Waals surface area (Å²) in [5.41, 5.74) is 17.1. The maximum atomic E-state index is 13.8. The molecule has 5 aromatic heterocycles. The molecule has 268 valence electrons. The maximum absolute atomic E-state index is 13.8. The first kappa shape index (κ1) is 36.1. The Morgan fingerprint density at radius 1 is 0.673 bits per heavy atom. The van der Waals surface area contributed by atoms with E-state index in [1.54, 1.807) is 6.20 Å². The van der Waals surface area contributed by atoms with E-state index in [4.69, 9.17) is 20.9 Å². The smallest absolute Gasteiger partial charge is 0.320 e. The highest BCUT2D eigenvalue weighted by Crippen LogP contribution is 2.29. The molecule has 15 heteroatoms. The van der Waals surface area contributed by atoms with Crippen molar-refractivity contribution in [1.82, 2.24) is 44.0 Å². The molecule has 0 radical (unpaired) electrons. The van der Waals surface area contributed by atoms with Gasteiger partial charge in [0.25, 0.3) is 0 Å². The molecule has 0 atom stereocenters. The average molecular weight is 769 g/mol. The van der Waals surface area contributed by atoms with Gasteiger partial charge in [-0.15, -0.1) is 0 Å². The third-order valence-electron chi connectivity index (χ3n) is 7.94. The minimum Gasteiger partial charge on any atom is -0.463 e. The Bertz CT molecular complexity index is 2250. The van der Waals surface area contributed by atoms with Gasteiger partial charge in [0.05, 0.1) is 32.5 Å². The van der Waals surface area contributed by atoms with Gasteiger partial charge in [0.15, 0.2) is 38.7 Å². The third-order valence-corrected chi connectivity index (χ3v) is 8.55. The standard InChI is InChI=1S/C21H21FN6O.C16H18BrN5O/c1-2-3-9-29-21-26-18(23)17-20(27-21)28(13-14-7-5-4-6-8-14)19(25-17)15-10-16(22)12-24-11-15;1-2-3-9-23-16-20-13(18)12-14(21-16)22(15(17)19-12)10-11-7-5-4-6-8-11/h4-8,10-12H,2-3,9,13H2,1H3,(H2,23,26,27);4-8H,2-3,9-10H2,1H3,(H2,18,20,21). The number of nitrogen functional groups attached to an aromatic ring is 2. The van der Waals surface area contributed by atoms with Gasteiger partial charge in [-0.05, 0) is 46.0 Å². The van der Waals surface area contributed by atoms with Crippen LogP contribution >= 0.6 is 15.9 Å². The normalized spacial score (nSPS) is 11.1. The number of hydrogen-bond acceptors (Lipinski definition) is 11. The van der Waals surface area contributed by atoms with Gasteiger partial charge in [0.2, 0.25) is 0 Å². The van der Waals surface area contributed by atoms with Crippen molar-refractivity contribution in [3.63, 3.8) is 0 Å². The van der Waals surface area contributed by atoms with E-state index in [0.29, 0.717) is 76.6 Å². The molecule has 7 aromatic rings.